The van der Waals surface area contributed by atoms with Crippen LogP contribution in [-0.4, -0.2) is 61.7 Å². The predicted molar refractivity (Wildman–Crippen MR) is 236 cm³/mol. The number of aromatic hydroxyl groups is 1. The maximum Gasteiger partial charge on any atom is 0.488 e. The fourth-order valence-electron chi connectivity index (χ4n) is 9.65. The maximum atomic E-state index is 14.5. The molecular weight excluding hydrogens is 753 g/mol. The molecule has 1 aliphatic carbocycles. The minimum Gasteiger partial charge on any atom is -0.508 e. The lowest BCUT2D eigenvalue weighted by Gasteiger charge is -2.44. The van der Waals surface area contributed by atoms with Crippen molar-refractivity contribution < 1.29 is 33.9 Å². The summed E-state index contributed by atoms with van der Waals surface area (Å²) in [6.07, 6.45) is 3.52. The first kappa shape index (κ1) is 40.4. The lowest BCUT2D eigenvalue weighted by Crippen LogP contribution is -2.66. The zero-order valence-electron chi connectivity index (χ0n) is 33.7. The van der Waals surface area contributed by atoms with Crippen molar-refractivity contribution >= 4 is 60.4 Å². The summed E-state index contributed by atoms with van der Waals surface area (Å²) in [6.45, 7) is 7.33. The Morgan fingerprint density at radius 3 is 2.05 bits per heavy atom. The molecule has 2 aliphatic heterocycles. The molecule has 8 nitrogen and oxygen atoms in total. The Morgan fingerprint density at radius 1 is 0.814 bits per heavy atom. The molecule has 2 amide bonds. The number of phenolic OH excluding ortho intramolecular Hbond substituents is 1. The summed E-state index contributed by atoms with van der Waals surface area (Å²) in [5.74, 6) is -1.94. The third-order valence-electron chi connectivity index (χ3n) is 12.4. The molecule has 300 valence electrons. The Hall–Kier alpha value is -5.36. The van der Waals surface area contributed by atoms with E-state index in [0.717, 1.165) is 38.2 Å². The number of hydrogen-bond donors (Lipinski definition) is 3. The van der Waals surface area contributed by atoms with Crippen LogP contribution in [-0.2, 0) is 18.8 Å². The molecule has 4 atom stereocenters. The highest BCUT2D eigenvalue weighted by Gasteiger charge is 2.58. The smallest absolute Gasteiger partial charge is 0.488 e. The molecule has 5 aromatic rings. The van der Waals surface area contributed by atoms with Crippen LogP contribution in [0.2, 0.25) is 5.04 Å². The molecule has 0 bridgehead atoms. The number of benzene rings is 5. The van der Waals surface area contributed by atoms with Gasteiger partial charge in [0.05, 0.1) is 36.8 Å². The van der Waals surface area contributed by atoms with Crippen LogP contribution in [0.1, 0.15) is 51.2 Å². The quantitative estimate of drug-likeness (QED) is 0.0572. The Morgan fingerprint density at radius 2 is 1.44 bits per heavy atom. The van der Waals surface area contributed by atoms with Crippen molar-refractivity contribution in [1.29, 1.82) is 0 Å². The number of fused-ring (bicyclic) bond motifs is 3. The van der Waals surface area contributed by atoms with Crippen molar-refractivity contribution in [3.8, 4) is 5.75 Å². The van der Waals surface area contributed by atoms with E-state index in [1.807, 2.05) is 42.5 Å². The summed E-state index contributed by atoms with van der Waals surface area (Å²) in [5.41, 5.74) is 5.78. The highest BCUT2D eigenvalue weighted by atomic mass is 28.4. The van der Waals surface area contributed by atoms with Gasteiger partial charge in [-0.2, -0.15) is 0 Å². The van der Waals surface area contributed by atoms with Gasteiger partial charge in [-0.05, 0) is 92.2 Å². The van der Waals surface area contributed by atoms with Gasteiger partial charge in [-0.1, -0.05) is 142 Å². The highest BCUT2D eigenvalue weighted by Crippen LogP contribution is 2.51. The van der Waals surface area contributed by atoms with Crippen molar-refractivity contribution in [1.82, 2.24) is 0 Å². The molecule has 3 N–H and O–H groups in total. The molecule has 2 saturated heterocycles. The van der Waals surface area contributed by atoms with E-state index in [1.54, 1.807) is 30.3 Å². The molecule has 0 aromatic heterocycles. The Balaban J connectivity index is 1.19. The summed E-state index contributed by atoms with van der Waals surface area (Å²) >= 11 is 0. The van der Waals surface area contributed by atoms with Crippen molar-refractivity contribution in [2.45, 2.75) is 51.2 Å². The van der Waals surface area contributed by atoms with E-state index in [-0.39, 0.29) is 46.7 Å². The molecule has 10 heteroatoms. The number of nitrogens with zero attached hydrogens (tertiary/aromatic N) is 1. The van der Waals surface area contributed by atoms with Crippen molar-refractivity contribution in [3.63, 3.8) is 0 Å². The third-order valence-corrected chi connectivity index (χ3v) is 17.4. The first-order valence-electron chi connectivity index (χ1n) is 20.4. The van der Waals surface area contributed by atoms with E-state index in [4.69, 9.17) is 9.16 Å². The predicted octanol–water partition coefficient (Wildman–Crippen LogP) is 6.49. The van der Waals surface area contributed by atoms with Gasteiger partial charge in [0.25, 0.3) is 8.32 Å². The topological polar surface area (TPSA) is 117 Å². The molecule has 5 aromatic carbocycles. The van der Waals surface area contributed by atoms with Gasteiger partial charge in [0.1, 0.15) is 5.75 Å². The zero-order valence-corrected chi connectivity index (χ0v) is 34.7. The maximum absolute atomic E-state index is 14.5. The molecule has 0 saturated carbocycles. The first-order chi connectivity index (χ1) is 28.5. The molecule has 2 heterocycles. The molecular formula is C49H50BNO7Si. The van der Waals surface area contributed by atoms with Gasteiger partial charge in [0.15, 0.2) is 0 Å². The number of anilines is 1. The third kappa shape index (κ3) is 7.79. The number of amides is 2. The van der Waals surface area contributed by atoms with Gasteiger partial charge in [-0.3, -0.25) is 14.5 Å². The fourth-order valence-corrected chi connectivity index (χ4v) is 14.2. The minimum atomic E-state index is -2.99. The fraction of sp³-hybridized carbons (Fsp3) is 0.265. The van der Waals surface area contributed by atoms with Crippen LogP contribution in [0.3, 0.4) is 0 Å². The molecule has 59 heavy (non-hydrogen) atoms. The first-order valence-corrected chi connectivity index (χ1v) is 22.3. The molecule has 0 radical (unpaired) electrons. The summed E-state index contributed by atoms with van der Waals surface area (Å²) in [5, 5.41) is 31.9. The number of phenols is 1. The lowest BCUT2D eigenvalue weighted by atomic mass is 9.69. The van der Waals surface area contributed by atoms with Crippen LogP contribution in [0.25, 0.3) is 11.6 Å². The second kappa shape index (κ2) is 16.7. The summed E-state index contributed by atoms with van der Waals surface area (Å²) < 4.78 is 14.3. The summed E-state index contributed by atoms with van der Waals surface area (Å²) in [4.78, 5) is 30.3. The molecule has 3 aliphatic rings. The standard InChI is InChI=1S/C49H50BNO7Si/c1-49(2,3)59(40-18-9-5-10-19-40,41-20-11-6-12-21-41)58-31-36-29-42-46(48(54)51(47(42)53)38-17-13-16-37(30-38)50(55)56)43-32-57-44(45(36)43)27-24-35(34-14-7-4-8-15-34)28-33-22-25-39(52)26-23-33/h4-23,25-26,28,30,42-44,46,52,55-56H,24,27,29,31-32H2,1-3H3/b35-28-/t42-,43+,44-,46-/m1/s1. The van der Waals surface area contributed by atoms with Gasteiger partial charge in [-0.15, -0.1) is 0 Å². The van der Waals surface area contributed by atoms with E-state index in [9.17, 15) is 24.7 Å². The highest BCUT2D eigenvalue weighted by molar-refractivity contribution is 6.99. The normalized spacial score (nSPS) is 20.8. The van der Waals surface area contributed by atoms with Crippen LogP contribution in [0.4, 0.5) is 5.69 Å². The number of carbonyl (C=O) groups excluding carboxylic acids is 2. The molecule has 0 unspecified atom stereocenters. The van der Waals surface area contributed by atoms with E-state index >= 15 is 0 Å². The lowest BCUT2D eigenvalue weighted by molar-refractivity contribution is -0.122. The van der Waals surface area contributed by atoms with E-state index in [0.29, 0.717) is 31.6 Å². The molecule has 2 fully saturated rings. The largest absolute Gasteiger partial charge is 0.508 e. The van der Waals surface area contributed by atoms with Crippen LogP contribution >= 0.6 is 0 Å². The van der Waals surface area contributed by atoms with Crippen LogP contribution in [0.15, 0.2) is 151 Å². The number of ether oxygens (including phenoxy) is 1. The number of carbonyl (C=O) groups is 2. The Bertz CT molecular complexity index is 2320. The summed E-state index contributed by atoms with van der Waals surface area (Å²) in [6, 6.07) is 44.8. The number of rotatable bonds is 12. The number of allylic oxidation sites excluding steroid dienone is 1. The van der Waals surface area contributed by atoms with Gasteiger partial charge < -0.3 is 24.3 Å². The van der Waals surface area contributed by atoms with Crippen LogP contribution < -0.4 is 20.7 Å². The van der Waals surface area contributed by atoms with Crippen molar-refractivity contribution in [3.05, 3.63) is 162 Å². The average molecular weight is 804 g/mol. The Labute approximate surface area is 347 Å². The van der Waals surface area contributed by atoms with Crippen LogP contribution in [0.5, 0.6) is 5.75 Å². The molecule has 8 rings (SSSR count). The van der Waals surface area contributed by atoms with Gasteiger partial charge >= 0.3 is 7.12 Å². The van der Waals surface area contributed by atoms with Crippen molar-refractivity contribution in [2.75, 3.05) is 18.1 Å². The number of hydrogen-bond acceptors (Lipinski definition) is 7. The Kier molecular flexibility index (Phi) is 11.5. The molecule has 0 spiro atoms. The average Bonchev–Trinajstić information content (AvgIpc) is 3.78. The van der Waals surface area contributed by atoms with Crippen LogP contribution in [0, 0.1) is 17.8 Å². The zero-order chi connectivity index (χ0) is 41.3. The van der Waals surface area contributed by atoms with Gasteiger partial charge in [0.2, 0.25) is 11.8 Å². The monoisotopic (exact) mass is 803 g/mol. The SMILES string of the molecule is CC(C)(C)[Si](OCC1=C2[C@@H](CC/C(=C/c3ccc(O)cc3)c3ccccc3)OC[C@@H]2[C@@H]2C(=O)N(c3cccc(B(O)O)c3)C(=O)[C@@H]2C1)(c1ccccc1)c1ccccc1. The minimum absolute atomic E-state index is 0.204. The van der Waals surface area contributed by atoms with Gasteiger partial charge in [-0.25, -0.2) is 0 Å². The second-order valence-corrected chi connectivity index (χ2v) is 21.2. The van der Waals surface area contributed by atoms with E-state index < -0.39 is 27.3 Å². The van der Waals surface area contributed by atoms with E-state index in [1.165, 1.54) is 11.0 Å². The summed E-state index contributed by atoms with van der Waals surface area (Å²) in [7, 11) is -4.73. The van der Waals surface area contributed by atoms with Gasteiger partial charge in [0, 0.05) is 5.92 Å². The number of imide groups is 1. The second-order valence-electron chi connectivity index (χ2n) is 16.9. The van der Waals surface area contributed by atoms with E-state index in [2.05, 4.69) is 87.5 Å². The van der Waals surface area contributed by atoms with Crippen molar-refractivity contribution in [2.24, 2.45) is 17.8 Å².